The SMILES string of the molecule is CN=C(NCC(=O)NC(C)(C)C)NCC1CCN(c2cccc(OC)c2)C1.I. The highest BCUT2D eigenvalue weighted by molar-refractivity contribution is 14.0. The molecule has 1 fully saturated rings. The van der Waals surface area contributed by atoms with Gasteiger partial charge in [-0.25, -0.2) is 0 Å². The third-order valence-electron chi connectivity index (χ3n) is 4.42. The molecule has 8 heteroatoms. The summed E-state index contributed by atoms with van der Waals surface area (Å²) in [5.41, 5.74) is 0.960. The van der Waals surface area contributed by atoms with Crippen LogP contribution < -0.4 is 25.6 Å². The maximum absolute atomic E-state index is 11.9. The van der Waals surface area contributed by atoms with Gasteiger partial charge in [-0.3, -0.25) is 9.79 Å². The molecule has 0 spiro atoms. The molecule has 0 bridgehead atoms. The highest BCUT2D eigenvalue weighted by Crippen LogP contribution is 2.26. The number of hydrogen-bond donors (Lipinski definition) is 3. The van der Waals surface area contributed by atoms with Gasteiger partial charge in [-0.05, 0) is 45.2 Å². The number of rotatable bonds is 6. The first kappa shape index (κ1) is 24.3. The normalized spacial score (nSPS) is 17.0. The van der Waals surface area contributed by atoms with E-state index in [-0.39, 0.29) is 42.0 Å². The van der Waals surface area contributed by atoms with Crippen LogP contribution in [0.1, 0.15) is 27.2 Å². The number of guanidine groups is 1. The number of amides is 1. The lowest BCUT2D eigenvalue weighted by molar-refractivity contribution is -0.121. The minimum atomic E-state index is -0.233. The number of aliphatic imine (C=N–C) groups is 1. The van der Waals surface area contributed by atoms with Gasteiger partial charge < -0.3 is 25.6 Å². The molecule has 1 atom stereocenters. The van der Waals surface area contributed by atoms with Crippen molar-refractivity contribution in [3.8, 4) is 5.75 Å². The second kappa shape index (κ2) is 11.3. The predicted octanol–water partition coefficient (Wildman–Crippen LogP) is 2.22. The second-order valence-corrected chi connectivity index (χ2v) is 7.91. The van der Waals surface area contributed by atoms with Crippen molar-refractivity contribution < 1.29 is 9.53 Å². The van der Waals surface area contributed by atoms with E-state index in [4.69, 9.17) is 4.74 Å². The van der Waals surface area contributed by atoms with Crippen LogP contribution in [0.15, 0.2) is 29.3 Å². The van der Waals surface area contributed by atoms with Crippen molar-refractivity contribution in [1.82, 2.24) is 16.0 Å². The van der Waals surface area contributed by atoms with E-state index in [0.717, 1.165) is 31.8 Å². The Labute approximate surface area is 185 Å². The Morgan fingerprint density at radius 1 is 1.32 bits per heavy atom. The molecule has 1 heterocycles. The molecule has 3 N–H and O–H groups in total. The lowest BCUT2D eigenvalue weighted by atomic mass is 10.1. The number of halogens is 1. The van der Waals surface area contributed by atoms with E-state index in [9.17, 15) is 4.79 Å². The molecule has 158 valence electrons. The largest absolute Gasteiger partial charge is 0.497 e. The van der Waals surface area contributed by atoms with E-state index in [1.165, 1.54) is 5.69 Å². The number of nitrogens with one attached hydrogen (secondary N) is 3. The first-order valence-electron chi connectivity index (χ1n) is 9.45. The Bertz CT molecular complexity index is 660. The first-order valence-corrected chi connectivity index (χ1v) is 9.45. The molecule has 1 aliphatic rings. The van der Waals surface area contributed by atoms with Crippen LogP contribution in [0.25, 0.3) is 0 Å². The summed E-state index contributed by atoms with van der Waals surface area (Å²) in [6, 6.07) is 8.18. The summed E-state index contributed by atoms with van der Waals surface area (Å²) in [5, 5.41) is 9.33. The fourth-order valence-corrected chi connectivity index (χ4v) is 3.13. The third-order valence-corrected chi connectivity index (χ3v) is 4.42. The van der Waals surface area contributed by atoms with E-state index in [1.807, 2.05) is 32.9 Å². The zero-order valence-electron chi connectivity index (χ0n) is 17.5. The van der Waals surface area contributed by atoms with E-state index >= 15 is 0 Å². The van der Waals surface area contributed by atoms with E-state index in [1.54, 1.807) is 14.2 Å². The minimum absolute atomic E-state index is 0. The molecule has 1 aromatic rings. The molecule has 0 aliphatic carbocycles. The van der Waals surface area contributed by atoms with Crippen molar-refractivity contribution in [2.45, 2.75) is 32.7 Å². The van der Waals surface area contributed by atoms with Gasteiger partial charge in [-0.2, -0.15) is 0 Å². The minimum Gasteiger partial charge on any atom is -0.497 e. The highest BCUT2D eigenvalue weighted by Gasteiger charge is 2.23. The van der Waals surface area contributed by atoms with Crippen molar-refractivity contribution >= 4 is 41.5 Å². The van der Waals surface area contributed by atoms with Crippen molar-refractivity contribution in [3.63, 3.8) is 0 Å². The average Bonchev–Trinajstić information content (AvgIpc) is 3.09. The zero-order chi connectivity index (χ0) is 19.9. The van der Waals surface area contributed by atoms with Gasteiger partial charge in [0, 0.05) is 44.0 Å². The molecule has 0 radical (unpaired) electrons. The summed E-state index contributed by atoms with van der Waals surface area (Å²) < 4.78 is 5.32. The number of methoxy groups -OCH3 is 1. The summed E-state index contributed by atoms with van der Waals surface area (Å²) in [6.45, 7) is 8.93. The molecule has 7 nitrogen and oxygen atoms in total. The number of benzene rings is 1. The molecule has 2 rings (SSSR count). The Hall–Kier alpha value is -1.71. The first-order chi connectivity index (χ1) is 12.8. The Morgan fingerprint density at radius 3 is 2.71 bits per heavy atom. The van der Waals surface area contributed by atoms with Gasteiger partial charge in [-0.1, -0.05) is 6.07 Å². The molecule has 1 aromatic carbocycles. The van der Waals surface area contributed by atoms with Crippen LogP contribution in [0, 0.1) is 5.92 Å². The van der Waals surface area contributed by atoms with Crippen LogP contribution in [-0.4, -0.2) is 57.7 Å². The van der Waals surface area contributed by atoms with Crippen molar-refractivity contribution in [2.75, 3.05) is 45.2 Å². The van der Waals surface area contributed by atoms with Crippen LogP contribution in [0.2, 0.25) is 0 Å². The van der Waals surface area contributed by atoms with Crippen LogP contribution in [0.3, 0.4) is 0 Å². The molecule has 0 saturated carbocycles. The Morgan fingerprint density at radius 2 is 2.07 bits per heavy atom. The van der Waals surface area contributed by atoms with Crippen LogP contribution >= 0.6 is 24.0 Å². The topological polar surface area (TPSA) is 78.0 Å². The summed E-state index contributed by atoms with van der Waals surface area (Å²) >= 11 is 0. The number of carbonyl (C=O) groups excluding carboxylic acids is 1. The van der Waals surface area contributed by atoms with Crippen LogP contribution in [0.4, 0.5) is 5.69 Å². The Kier molecular flexibility index (Phi) is 9.84. The Balaban J connectivity index is 0.00000392. The van der Waals surface area contributed by atoms with E-state index in [0.29, 0.717) is 11.9 Å². The maximum Gasteiger partial charge on any atom is 0.239 e. The molecule has 1 amide bonds. The number of hydrogen-bond acceptors (Lipinski definition) is 4. The lowest BCUT2D eigenvalue weighted by Crippen LogP contribution is -2.48. The van der Waals surface area contributed by atoms with E-state index < -0.39 is 0 Å². The number of carbonyl (C=O) groups is 1. The van der Waals surface area contributed by atoms with Crippen molar-refractivity contribution in [3.05, 3.63) is 24.3 Å². The molecule has 1 unspecified atom stereocenters. The van der Waals surface area contributed by atoms with Crippen LogP contribution in [-0.2, 0) is 4.79 Å². The monoisotopic (exact) mass is 503 g/mol. The average molecular weight is 503 g/mol. The van der Waals surface area contributed by atoms with Crippen molar-refractivity contribution in [2.24, 2.45) is 10.9 Å². The van der Waals surface area contributed by atoms with Crippen molar-refractivity contribution in [1.29, 1.82) is 0 Å². The summed E-state index contributed by atoms with van der Waals surface area (Å²) in [4.78, 5) is 18.5. The molecule has 28 heavy (non-hydrogen) atoms. The number of nitrogens with zero attached hydrogens (tertiary/aromatic N) is 2. The molecular formula is C20H34IN5O2. The third kappa shape index (κ3) is 8.12. The lowest BCUT2D eigenvalue weighted by Gasteiger charge is -2.21. The highest BCUT2D eigenvalue weighted by atomic mass is 127. The number of ether oxygens (including phenoxy) is 1. The summed E-state index contributed by atoms with van der Waals surface area (Å²) in [6.07, 6.45) is 1.12. The molecule has 1 aliphatic heterocycles. The van der Waals surface area contributed by atoms with Gasteiger partial charge in [0.15, 0.2) is 5.96 Å². The molecule has 1 saturated heterocycles. The predicted molar refractivity (Wildman–Crippen MR) is 126 cm³/mol. The van der Waals surface area contributed by atoms with Gasteiger partial charge in [0.1, 0.15) is 5.75 Å². The zero-order valence-corrected chi connectivity index (χ0v) is 19.9. The molecular weight excluding hydrogens is 469 g/mol. The number of anilines is 1. The fraction of sp³-hybridized carbons (Fsp3) is 0.600. The van der Waals surface area contributed by atoms with Gasteiger partial charge >= 0.3 is 0 Å². The van der Waals surface area contributed by atoms with Crippen LogP contribution in [0.5, 0.6) is 5.75 Å². The molecule has 0 aromatic heterocycles. The van der Waals surface area contributed by atoms with E-state index in [2.05, 4.69) is 38.0 Å². The fourth-order valence-electron chi connectivity index (χ4n) is 3.13. The van der Waals surface area contributed by atoms with Gasteiger partial charge in [-0.15, -0.1) is 24.0 Å². The quantitative estimate of drug-likeness (QED) is 0.315. The second-order valence-electron chi connectivity index (χ2n) is 7.91. The van der Waals surface area contributed by atoms with Gasteiger partial charge in [0.2, 0.25) is 5.91 Å². The maximum atomic E-state index is 11.9. The van der Waals surface area contributed by atoms with Gasteiger partial charge in [0.25, 0.3) is 0 Å². The summed E-state index contributed by atoms with van der Waals surface area (Å²) in [7, 11) is 3.41. The summed E-state index contributed by atoms with van der Waals surface area (Å²) in [5.74, 6) is 2.01. The smallest absolute Gasteiger partial charge is 0.239 e. The standard InChI is InChI=1S/C20H33N5O2.HI/c1-20(2,3)24-18(26)13-23-19(21-4)22-12-15-9-10-25(14-15)16-7-6-8-17(11-16)27-5;/h6-8,11,15H,9-10,12-14H2,1-5H3,(H,24,26)(H2,21,22,23);1H. The van der Waals surface area contributed by atoms with Gasteiger partial charge in [0.05, 0.1) is 13.7 Å².